The number of aliphatic carboxylic acids is 1. The van der Waals surface area contributed by atoms with E-state index in [1.54, 1.807) is 23.1 Å². The van der Waals surface area contributed by atoms with Crippen molar-refractivity contribution in [3.8, 4) is 0 Å². The average Bonchev–Trinajstić information content (AvgIpc) is 3.16. The minimum absolute atomic E-state index is 0.000533. The first-order valence-electron chi connectivity index (χ1n) is 9.52. The molecule has 0 spiro atoms. The van der Waals surface area contributed by atoms with Gasteiger partial charge in [0.05, 0.1) is 11.4 Å². The van der Waals surface area contributed by atoms with E-state index >= 15 is 0 Å². The Morgan fingerprint density at radius 1 is 1.39 bits per heavy atom. The topological polar surface area (TPSA) is 74.6 Å². The van der Waals surface area contributed by atoms with Crippen LogP contribution in [0.2, 0.25) is 0 Å². The summed E-state index contributed by atoms with van der Waals surface area (Å²) in [6, 6.07) is 2.09. The first kappa shape index (κ1) is 23.4. The zero-order chi connectivity index (χ0) is 20.5. The fraction of sp³-hybridized carbons (Fsp3) is 0.524. The molecule has 2 rings (SSSR count). The molecule has 1 fully saturated rings. The van der Waals surface area contributed by atoms with Gasteiger partial charge in [-0.25, -0.2) is 0 Å². The van der Waals surface area contributed by atoms with Crippen molar-refractivity contribution in [3.05, 3.63) is 43.4 Å². The maximum Gasteiger partial charge on any atom is 0.303 e. The number of allylic oxidation sites excluding steroid dienone is 2. The number of thioether (sulfide) groups is 1. The molecule has 0 aliphatic heterocycles. The number of ketones is 1. The highest BCUT2D eigenvalue weighted by molar-refractivity contribution is 9.10. The molecule has 2 atom stereocenters. The highest BCUT2D eigenvalue weighted by atomic mass is 79.9. The van der Waals surface area contributed by atoms with E-state index in [-0.39, 0.29) is 23.6 Å². The van der Waals surface area contributed by atoms with Crippen molar-refractivity contribution < 1.29 is 19.8 Å². The Labute approximate surface area is 183 Å². The molecule has 0 aromatic carbocycles. The van der Waals surface area contributed by atoms with Gasteiger partial charge in [-0.15, -0.1) is 23.1 Å². The third-order valence-corrected chi connectivity index (χ3v) is 8.13. The maximum absolute atomic E-state index is 12.3. The first-order valence-corrected chi connectivity index (χ1v) is 12.1. The minimum atomic E-state index is -0.774. The van der Waals surface area contributed by atoms with Crippen molar-refractivity contribution in [1.29, 1.82) is 0 Å². The van der Waals surface area contributed by atoms with Crippen LogP contribution in [0.15, 0.2) is 33.7 Å². The third kappa shape index (κ3) is 7.85. The van der Waals surface area contributed by atoms with E-state index in [0.717, 1.165) is 35.7 Å². The van der Waals surface area contributed by atoms with Crippen LogP contribution in [0.4, 0.5) is 0 Å². The number of carboxylic acids is 1. The Bertz CT molecular complexity index is 719. The van der Waals surface area contributed by atoms with Crippen LogP contribution in [0, 0.1) is 6.92 Å². The highest BCUT2D eigenvalue weighted by Crippen LogP contribution is 2.36. The Hall–Kier alpha value is -0.890. The third-order valence-electron chi connectivity index (χ3n) is 4.68. The lowest BCUT2D eigenvalue weighted by atomic mass is 10.1. The molecule has 1 aliphatic rings. The second-order valence-electron chi connectivity index (χ2n) is 6.96. The van der Waals surface area contributed by atoms with E-state index < -0.39 is 5.97 Å². The number of thiophene rings is 1. The number of unbranched alkanes of at least 4 members (excludes halogenated alkanes) is 1. The van der Waals surface area contributed by atoms with Gasteiger partial charge >= 0.3 is 5.97 Å². The Kier molecular flexibility index (Phi) is 9.99. The lowest BCUT2D eigenvalue weighted by molar-refractivity contribution is -0.137. The number of aryl methyl sites for hydroxylation is 2. The quantitative estimate of drug-likeness (QED) is 0.311. The Balaban J connectivity index is 1.77. The van der Waals surface area contributed by atoms with Crippen LogP contribution < -0.4 is 0 Å². The number of carboxylic acid groups (broad SMARTS) is 1. The zero-order valence-electron chi connectivity index (χ0n) is 16.0. The van der Waals surface area contributed by atoms with Crippen molar-refractivity contribution in [1.82, 2.24) is 0 Å². The zero-order valence-corrected chi connectivity index (χ0v) is 19.2. The summed E-state index contributed by atoms with van der Waals surface area (Å²) in [5, 5.41) is 20.8. The van der Waals surface area contributed by atoms with Crippen LogP contribution in [0.25, 0.3) is 0 Å². The summed E-state index contributed by atoms with van der Waals surface area (Å²) >= 11 is 6.80. The van der Waals surface area contributed by atoms with Gasteiger partial charge in [0.1, 0.15) is 5.78 Å². The molecule has 4 nitrogen and oxygen atoms in total. The van der Waals surface area contributed by atoms with Crippen molar-refractivity contribution in [3.63, 3.8) is 0 Å². The van der Waals surface area contributed by atoms with E-state index in [2.05, 4.69) is 28.9 Å². The molecular weight excluding hydrogens is 460 g/mol. The number of carbonyl (C=O) groups is 2. The van der Waals surface area contributed by atoms with Crippen molar-refractivity contribution >= 4 is 50.8 Å². The standard InChI is InChI=1S/C21H27BrO4S2/c1-14-18(22)13-17(28-14)10-9-16(23)8-6-15-7-11-19(24)21(15)27-12-4-2-3-5-20(25)26/h4,6,12-13,19,21,24H,2-3,5,7-11H2,1H3,(H,25,26)/t19?,21-/m1/s1. The molecule has 1 aliphatic carbocycles. The van der Waals surface area contributed by atoms with Crippen molar-refractivity contribution in [2.75, 3.05) is 0 Å². The second-order valence-corrected chi connectivity index (χ2v) is 10.2. The fourth-order valence-corrected chi connectivity index (χ4v) is 5.81. The lowest BCUT2D eigenvalue weighted by Gasteiger charge is -2.13. The number of hydrogen-bond acceptors (Lipinski definition) is 5. The fourth-order valence-electron chi connectivity index (χ4n) is 3.08. The number of Topliss-reactive ketones (excluding diaryl/α,β-unsaturated/α-hetero) is 1. The largest absolute Gasteiger partial charge is 0.481 e. The molecule has 1 aromatic rings. The predicted molar refractivity (Wildman–Crippen MR) is 120 cm³/mol. The molecule has 154 valence electrons. The van der Waals surface area contributed by atoms with E-state index in [0.29, 0.717) is 19.3 Å². The lowest BCUT2D eigenvalue weighted by Crippen LogP contribution is -2.16. The molecule has 7 heteroatoms. The van der Waals surface area contributed by atoms with Gasteiger partial charge in [-0.3, -0.25) is 9.59 Å². The molecule has 1 saturated carbocycles. The second kappa shape index (κ2) is 12.0. The van der Waals surface area contributed by atoms with Crippen LogP contribution in [-0.4, -0.2) is 33.3 Å². The maximum atomic E-state index is 12.3. The van der Waals surface area contributed by atoms with Crippen LogP contribution in [0.5, 0.6) is 0 Å². The van der Waals surface area contributed by atoms with E-state index in [4.69, 9.17) is 5.11 Å². The summed E-state index contributed by atoms with van der Waals surface area (Å²) in [7, 11) is 0. The summed E-state index contributed by atoms with van der Waals surface area (Å²) in [6.45, 7) is 2.06. The first-order chi connectivity index (χ1) is 13.4. The molecule has 0 radical (unpaired) electrons. The number of rotatable bonds is 11. The summed E-state index contributed by atoms with van der Waals surface area (Å²) < 4.78 is 1.11. The van der Waals surface area contributed by atoms with Gasteiger partial charge in [0.15, 0.2) is 0 Å². The summed E-state index contributed by atoms with van der Waals surface area (Å²) in [5.74, 6) is -0.548. The average molecular weight is 487 g/mol. The molecule has 0 amide bonds. The number of halogens is 1. The molecule has 1 heterocycles. The molecule has 0 saturated heterocycles. The van der Waals surface area contributed by atoms with E-state index in [1.165, 1.54) is 9.75 Å². The van der Waals surface area contributed by atoms with Gasteiger partial charge in [0, 0.05) is 33.5 Å². The monoisotopic (exact) mass is 486 g/mol. The Morgan fingerprint density at radius 3 is 2.86 bits per heavy atom. The molecular formula is C21H27BrO4S2. The van der Waals surface area contributed by atoms with Gasteiger partial charge in [-0.05, 0) is 66.4 Å². The molecule has 2 N–H and O–H groups in total. The van der Waals surface area contributed by atoms with Crippen LogP contribution in [0.1, 0.15) is 54.7 Å². The smallest absolute Gasteiger partial charge is 0.303 e. The number of hydrogen-bond donors (Lipinski definition) is 2. The highest BCUT2D eigenvalue weighted by Gasteiger charge is 2.29. The minimum Gasteiger partial charge on any atom is -0.481 e. The van der Waals surface area contributed by atoms with Gasteiger partial charge in [-0.2, -0.15) is 0 Å². The van der Waals surface area contributed by atoms with Gasteiger partial charge < -0.3 is 10.2 Å². The van der Waals surface area contributed by atoms with Gasteiger partial charge in [0.2, 0.25) is 0 Å². The number of carbonyl (C=O) groups excluding carboxylic acids is 1. The van der Waals surface area contributed by atoms with E-state index in [1.807, 2.05) is 17.6 Å². The van der Waals surface area contributed by atoms with Crippen LogP contribution in [0.3, 0.4) is 0 Å². The summed E-state index contributed by atoms with van der Waals surface area (Å²) in [6.07, 6.45) is 8.40. The summed E-state index contributed by atoms with van der Waals surface area (Å²) in [4.78, 5) is 25.2. The van der Waals surface area contributed by atoms with Crippen molar-refractivity contribution in [2.24, 2.45) is 0 Å². The molecule has 0 bridgehead atoms. The SMILES string of the molecule is Cc1sc(CCC(=O)CC=C2CCC(O)[C@@H]2SC=CCCCC(=O)O)cc1Br. The van der Waals surface area contributed by atoms with E-state index in [9.17, 15) is 14.7 Å². The number of aliphatic hydroxyl groups is 1. The normalized spacial score (nSPS) is 21.0. The predicted octanol–water partition coefficient (Wildman–Crippen LogP) is 5.66. The number of aliphatic hydroxyl groups excluding tert-OH is 1. The molecule has 1 unspecified atom stereocenters. The molecule has 1 aromatic heterocycles. The van der Waals surface area contributed by atoms with Crippen molar-refractivity contribution in [2.45, 2.75) is 69.6 Å². The van der Waals surface area contributed by atoms with Gasteiger partial charge in [0.25, 0.3) is 0 Å². The Morgan fingerprint density at radius 2 is 2.18 bits per heavy atom. The van der Waals surface area contributed by atoms with Crippen LogP contribution >= 0.6 is 39.0 Å². The van der Waals surface area contributed by atoms with Crippen LogP contribution in [-0.2, 0) is 16.0 Å². The summed E-state index contributed by atoms with van der Waals surface area (Å²) in [5.41, 5.74) is 1.15. The van der Waals surface area contributed by atoms with Gasteiger partial charge in [-0.1, -0.05) is 17.7 Å². The molecule has 28 heavy (non-hydrogen) atoms.